The second kappa shape index (κ2) is 32.2. The van der Waals surface area contributed by atoms with Crippen LogP contribution in [0.15, 0.2) is 55.2 Å². The fourth-order valence-electron chi connectivity index (χ4n) is 10.6. The van der Waals surface area contributed by atoms with Gasteiger partial charge in [-0.15, -0.1) is 15.3 Å². The number of ether oxygens (including phenoxy) is 6. The Morgan fingerprint density at radius 2 is 0.859 bits per heavy atom. The summed E-state index contributed by atoms with van der Waals surface area (Å²) < 4.78 is 80.3. The Hall–Kier alpha value is -7.07. The molecule has 0 unspecified atom stereocenters. The van der Waals surface area contributed by atoms with E-state index in [0.717, 1.165) is 63.5 Å². The van der Waals surface area contributed by atoms with Crippen LogP contribution in [0.4, 0.5) is 18.9 Å². The van der Waals surface area contributed by atoms with Crippen LogP contribution in [0.25, 0.3) is 44.1 Å². The molecular formula is C59H61Cl4F3LiN13O12. The fraction of sp³-hybridized carbons (Fsp3) is 0.424. The van der Waals surface area contributed by atoms with Gasteiger partial charge in [-0.2, -0.15) is 18.3 Å². The predicted octanol–water partition coefficient (Wildman–Crippen LogP) is 8.60. The number of esters is 2. The monoisotopic (exact) mass is 1350 g/mol. The largest absolute Gasteiger partial charge is 1.00 e. The Morgan fingerprint density at radius 3 is 1.25 bits per heavy atom. The molecule has 4 aliphatic heterocycles. The molecule has 25 nitrogen and oxygen atoms in total. The van der Waals surface area contributed by atoms with Crippen LogP contribution in [0.3, 0.4) is 0 Å². The Balaban J connectivity index is 0.000000158. The number of anilines is 1. The molecule has 4 saturated heterocycles. The second-order valence-electron chi connectivity index (χ2n) is 21.0. The van der Waals surface area contributed by atoms with Gasteiger partial charge in [-0.3, -0.25) is 4.79 Å². The van der Waals surface area contributed by atoms with Crippen molar-refractivity contribution in [1.82, 2.24) is 59.1 Å². The smallest absolute Gasteiger partial charge is 0.870 e. The summed E-state index contributed by atoms with van der Waals surface area (Å²) in [6, 6.07) is 7.60. The molecule has 484 valence electrons. The summed E-state index contributed by atoms with van der Waals surface area (Å²) in [4.78, 5) is 64.1. The number of hydrogen-bond donors (Lipinski definition) is 2. The van der Waals surface area contributed by atoms with Crippen molar-refractivity contribution >= 4 is 120 Å². The van der Waals surface area contributed by atoms with Crippen LogP contribution in [0.5, 0.6) is 0 Å². The van der Waals surface area contributed by atoms with E-state index in [-0.39, 0.29) is 114 Å². The van der Waals surface area contributed by atoms with E-state index in [4.69, 9.17) is 79.9 Å². The standard InChI is InChI=1S/C19H18ClFN4O2.C14H15ClFN3O3.C14H16ClN3O3.C12H11ClFN3O3.Li.H2O/c1-11-2-4-12(5-3-11)23-19(26)14-10-22-18-15(16(14)20)17(21)24-25(18)13-6-8-27-9-7-13;1-2-22-14(20)9-7-17-13-10(11(9)15)12(16)18-19(13)8-3-5-21-6-4-8;1-2-21-14(19)11-7-16-13-10(12(11)15)8-17-18(13)9-3-5-20-6-4-9;13-9-7(12(18)19)5-15-11-8(9)10(14)16-17(11)6-1-3-20-4-2-6;;/h2-5,10,13H,6-9H2,1H3,(H,23,26);7-8H,2-6H2,1H3;7-9H,2-6H2,1H3;5-6H,1-4H2,(H,18,19);;1H2/q;;;;+1;/p-1. The third kappa shape index (κ3) is 15.4. The van der Waals surface area contributed by atoms with E-state index in [9.17, 15) is 32.3 Å². The van der Waals surface area contributed by atoms with Gasteiger partial charge < -0.3 is 44.3 Å². The number of halogens is 7. The van der Waals surface area contributed by atoms with Gasteiger partial charge in [0.05, 0.1) is 107 Å². The number of rotatable bonds is 11. The second-order valence-corrected chi connectivity index (χ2v) is 22.5. The Bertz CT molecular complexity index is 4100. The number of aromatic carboxylic acids is 1. The van der Waals surface area contributed by atoms with Gasteiger partial charge in [0.25, 0.3) is 5.91 Å². The predicted molar refractivity (Wildman–Crippen MR) is 326 cm³/mol. The zero-order chi connectivity index (χ0) is 63.8. The van der Waals surface area contributed by atoms with Crippen molar-refractivity contribution in [2.75, 3.05) is 71.4 Å². The molecule has 3 N–H and O–H groups in total. The van der Waals surface area contributed by atoms with E-state index in [0.29, 0.717) is 92.1 Å². The number of carbonyl (C=O) groups is 4. The molecule has 33 heteroatoms. The Morgan fingerprint density at radius 1 is 0.522 bits per heavy atom. The Kier molecular flexibility index (Phi) is 24.8. The summed E-state index contributed by atoms with van der Waals surface area (Å²) in [5, 5.41) is 28.8. The van der Waals surface area contributed by atoms with Crippen molar-refractivity contribution in [3.8, 4) is 0 Å². The van der Waals surface area contributed by atoms with E-state index in [2.05, 4.69) is 45.6 Å². The van der Waals surface area contributed by atoms with Gasteiger partial charge in [0.1, 0.15) is 0 Å². The number of aryl methyl sites for hydroxylation is 1. The SMILES string of the molecule is CCOC(=O)c1cnc2c(c(F)nn2C2CCOCC2)c1Cl.CCOC(=O)c1cnc2c(cnn2C2CCOCC2)c1Cl.Cc1ccc(NC(=O)c2cnc3c(c(F)nn3C3CCOCC3)c2Cl)cc1.O=C(O)c1cnc2c(c(F)nn2C2CCOCC2)c1Cl.[Li+].[OH-]. The average Bonchev–Trinajstić information content (AvgIpc) is 1.63. The number of benzene rings is 1. The van der Waals surface area contributed by atoms with Crippen LogP contribution in [-0.2, 0) is 28.4 Å². The van der Waals surface area contributed by atoms with E-state index < -0.39 is 41.7 Å². The zero-order valence-electron chi connectivity index (χ0n) is 50.2. The molecule has 4 fully saturated rings. The van der Waals surface area contributed by atoms with E-state index in [1.54, 1.807) is 36.9 Å². The number of carbonyl (C=O) groups excluding carboxylic acids is 3. The van der Waals surface area contributed by atoms with Gasteiger partial charge in [-0.25, -0.2) is 53.0 Å². The molecule has 13 rings (SSSR count). The molecule has 0 bridgehead atoms. The molecule has 12 heterocycles. The van der Waals surface area contributed by atoms with Crippen LogP contribution >= 0.6 is 46.4 Å². The number of nitrogens with one attached hydrogen (secondary N) is 1. The van der Waals surface area contributed by atoms with Crippen LogP contribution < -0.4 is 24.2 Å². The molecule has 9 aromatic rings. The van der Waals surface area contributed by atoms with Crippen LogP contribution in [-0.4, -0.2) is 160 Å². The van der Waals surface area contributed by atoms with Crippen LogP contribution in [0.1, 0.15) is 136 Å². The molecular weight excluding hydrogens is 1290 g/mol. The first-order chi connectivity index (χ1) is 43.5. The number of fused-ring (bicyclic) bond motifs is 4. The number of carboxylic acid groups (broad SMARTS) is 1. The number of amides is 1. The zero-order valence-corrected chi connectivity index (χ0v) is 53.2. The first kappa shape index (κ1) is 70.8. The van der Waals surface area contributed by atoms with Crippen molar-refractivity contribution in [2.45, 2.75) is 96.3 Å². The normalized spacial score (nSPS) is 15.7. The van der Waals surface area contributed by atoms with Crippen molar-refractivity contribution in [3.63, 3.8) is 0 Å². The topological polar surface area (TPSA) is 309 Å². The van der Waals surface area contributed by atoms with Crippen molar-refractivity contribution in [1.29, 1.82) is 0 Å². The molecule has 1 amide bonds. The molecule has 8 aromatic heterocycles. The minimum absolute atomic E-state index is 0. The Labute approximate surface area is 554 Å². The van der Waals surface area contributed by atoms with Gasteiger partial charge in [0.15, 0.2) is 22.6 Å². The molecule has 92 heavy (non-hydrogen) atoms. The fourth-order valence-corrected chi connectivity index (χ4v) is 11.8. The minimum Gasteiger partial charge on any atom is -0.870 e. The van der Waals surface area contributed by atoms with Crippen LogP contribution in [0.2, 0.25) is 20.1 Å². The number of nitrogens with zero attached hydrogens (tertiary/aromatic N) is 12. The van der Waals surface area contributed by atoms with Crippen LogP contribution in [0, 0.1) is 24.8 Å². The molecule has 0 aliphatic carbocycles. The summed E-state index contributed by atoms with van der Waals surface area (Å²) in [5.41, 5.74) is 3.54. The molecule has 0 spiro atoms. The maximum atomic E-state index is 14.5. The quantitative estimate of drug-likeness (QED) is 0.0904. The summed E-state index contributed by atoms with van der Waals surface area (Å²) in [5.74, 6) is -5.04. The van der Waals surface area contributed by atoms with E-state index >= 15 is 0 Å². The molecule has 0 atom stereocenters. The van der Waals surface area contributed by atoms with Gasteiger partial charge in [0.2, 0.25) is 17.8 Å². The molecule has 0 radical (unpaired) electrons. The van der Waals surface area contributed by atoms with Gasteiger partial charge in [-0.05, 0) is 84.3 Å². The first-order valence-electron chi connectivity index (χ1n) is 28.9. The molecule has 1 aromatic carbocycles. The van der Waals surface area contributed by atoms with Crippen molar-refractivity contribution < 1.29 is 90.2 Å². The number of aromatic nitrogens is 12. The summed E-state index contributed by atoms with van der Waals surface area (Å²) in [7, 11) is 0. The summed E-state index contributed by atoms with van der Waals surface area (Å²) in [6.07, 6.45) is 13.0. The third-order valence-electron chi connectivity index (χ3n) is 15.3. The maximum Gasteiger partial charge on any atom is 1.00 e. The average molecular weight is 1350 g/mol. The van der Waals surface area contributed by atoms with E-state index in [1.165, 1.54) is 28.0 Å². The van der Waals surface area contributed by atoms with E-state index in [1.807, 2.05) is 23.7 Å². The third-order valence-corrected chi connectivity index (χ3v) is 16.9. The summed E-state index contributed by atoms with van der Waals surface area (Å²) in [6.45, 7) is 10.9. The number of hydrogen-bond acceptors (Lipinski definition) is 19. The molecule has 0 saturated carbocycles. The number of carboxylic acids is 1. The molecule has 4 aliphatic rings. The number of pyridine rings is 4. The van der Waals surface area contributed by atoms with Gasteiger partial charge in [-0.1, -0.05) is 64.1 Å². The minimum atomic E-state index is -1.25. The summed E-state index contributed by atoms with van der Waals surface area (Å²) >= 11 is 24.8. The maximum absolute atomic E-state index is 14.5. The van der Waals surface area contributed by atoms with Gasteiger partial charge in [0, 0.05) is 83.3 Å². The van der Waals surface area contributed by atoms with Crippen molar-refractivity contribution in [2.24, 2.45) is 0 Å². The first-order valence-corrected chi connectivity index (χ1v) is 30.4. The van der Waals surface area contributed by atoms with Crippen molar-refractivity contribution in [3.05, 3.63) is 121 Å². The van der Waals surface area contributed by atoms with Gasteiger partial charge >= 0.3 is 36.8 Å².